The van der Waals surface area contributed by atoms with E-state index < -0.39 is 5.60 Å². The molecule has 5 heteroatoms. The molecule has 0 saturated carbocycles. The highest BCUT2D eigenvalue weighted by atomic mass is 16.5. The highest BCUT2D eigenvalue weighted by Crippen LogP contribution is 2.31. The molecular formula is C20H28N2O3. The first kappa shape index (κ1) is 19.2. The molecule has 1 N–H and O–H groups in total. The van der Waals surface area contributed by atoms with Gasteiger partial charge in [0.15, 0.2) is 0 Å². The number of benzene rings is 1. The summed E-state index contributed by atoms with van der Waals surface area (Å²) in [6, 6.07) is 7.51. The first-order valence-corrected chi connectivity index (χ1v) is 8.87. The van der Waals surface area contributed by atoms with E-state index in [1.54, 1.807) is 6.20 Å². The van der Waals surface area contributed by atoms with E-state index in [4.69, 9.17) is 9.47 Å². The number of amides is 1. The average molecular weight is 344 g/mol. The van der Waals surface area contributed by atoms with Crippen molar-refractivity contribution in [3.63, 3.8) is 0 Å². The van der Waals surface area contributed by atoms with E-state index in [2.05, 4.69) is 24.1 Å². The lowest BCUT2D eigenvalue weighted by Gasteiger charge is -2.27. The molecule has 0 aliphatic rings. The van der Waals surface area contributed by atoms with Crippen LogP contribution in [0.5, 0.6) is 5.75 Å². The van der Waals surface area contributed by atoms with E-state index in [1.165, 1.54) is 0 Å². The number of rotatable bonds is 8. The molecule has 1 amide bonds. The molecule has 5 nitrogen and oxygen atoms in total. The molecular weight excluding hydrogens is 316 g/mol. The Morgan fingerprint density at radius 2 is 2.04 bits per heavy atom. The largest absolute Gasteiger partial charge is 0.491 e. The second kappa shape index (κ2) is 8.30. The molecule has 1 unspecified atom stereocenters. The molecule has 2 aromatic rings. The molecule has 1 atom stereocenters. The van der Waals surface area contributed by atoms with Crippen molar-refractivity contribution in [2.24, 2.45) is 5.92 Å². The Hall–Kier alpha value is -2.14. The third-order valence-corrected chi connectivity index (χ3v) is 4.17. The molecule has 1 aromatic heterocycles. The van der Waals surface area contributed by atoms with Crippen LogP contribution < -0.4 is 10.1 Å². The van der Waals surface area contributed by atoms with Gasteiger partial charge < -0.3 is 14.8 Å². The van der Waals surface area contributed by atoms with E-state index in [1.807, 2.05) is 45.0 Å². The van der Waals surface area contributed by atoms with Crippen LogP contribution in [0.4, 0.5) is 5.69 Å². The Morgan fingerprint density at radius 3 is 2.68 bits per heavy atom. The molecule has 0 bridgehead atoms. The standard InChI is InChI=1S/C20H28N2O3/c1-6-20(5,25-7-2)19(23)22-16-10-11-17(24-13-14(3)4)18-15(16)9-8-12-21-18/h8-12,14H,6-7,13H2,1-5H3,(H,22,23). The van der Waals surface area contributed by atoms with Crippen molar-refractivity contribution in [2.45, 2.75) is 46.6 Å². The highest BCUT2D eigenvalue weighted by molar-refractivity contribution is 6.05. The molecule has 0 spiro atoms. The van der Waals surface area contributed by atoms with E-state index in [9.17, 15) is 4.79 Å². The topological polar surface area (TPSA) is 60.5 Å². The van der Waals surface area contributed by atoms with Crippen LogP contribution in [0.25, 0.3) is 10.9 Å². The lowest BCUT2D eigenvalue weighted by Crippen LogP contribution is -2.42. The fraction of sp³-hybridized carbons (Fsp3) is 0.500. The fourth-order valence-corrected chi connectivity index (χ4v) is 2.53. The van der Waals surface area contributed by atoms with Crippen LogP contribution in [0.2, 0.25) is 0 Å². The molecule has 0 aliphatic carbocycles. The van der Waals surface area contributed by atoms with E-state index in [0.29, 0.717) is 31.2 Å². The average Bonchev–Trinajstić information content (AvgIpc) is 2.60. The zero-order chi connectivity index (χ0) is 18.4. The van der Waals surface area contributed by atoms with Crippen LogP contribution >= 0.6 is 0 Å². The van der Waals surface area contributed by atoms with Crippen LogP contribution in [0.3, 0.4) is 0 Å². The number of hydrogen-bond donors (Lipinski definition) is 1. The third-order valence-electron chi connectivity index (χ3n) is 4.17. The number of anilines is 1. The number of ether oxygens (including phenoxy) is 2. The maximum absolute atomic E-state index is 12.7. The molecule has 0 aliphatic heterocycles. The van der Waals surface area contributed by atoms with Crippen molar-refractivity contribution in [3.05, 3.63) is 30.5 Å². The summed E-state index contributed by atoms with van der Waals surface area (Å²) in [6.07, 6.45) is 2.32. The van der Waals surface area contributed by atoms with E-state index >= 15 is 0 Å². The van der Waals surface area contributed by atoms with Gasteiger partial charge in [-0.15, -0.1) is 0 Å². The molecule has 136 valence electrons. The number of nitrogens with one attached hydrogen (secondary N) is 1. The predicted molar refractivity (Wildman–Crippen MR) is 101 cm³/mol. The summed E-state index contributed by atoms with van der Waals surface area (Å²) in [7, 11) is 0. The minimum absolute atomic E-state index is 0.155. The van der Waals surface area contributed by atoms with Crippen molar-refractivity contribution in [3.8, 4) is 5.75 Å². The molecule has 0 saturated heterocycles. The van der Waals surface area contributed by atoms with Crippen LogP contribution in [-0.4, -0.2) is 29.7 Å². The summed E-state index contributed by atoms with van der Waals surface area (Å²) < 4.78 is 11.5. The van der Waals surface area contributed by atoms with Gasteiger partial charge in [-0.2, -0.15) is 0 Å². The Balaban J connectivity index is 2.33. The highest BCUT2D eigenvalue weighted by Gasteiger charge is 2.32. The minimum atomic E-state index is -0.851. The smallest absolute Gasteiger partial charge is 0.256 e. The summed E-state index contributed by atoms with van der Waals surface area (Å²) in [6.45, 7) is 11.0. The Labute approximate surface area is 149 Å². The zero-order valence-electron chi connectivity index (χ0n) is 15.8. The van der Waals surface area contributed by atoms with Gasteiger partial charge in [0.1, 0.15) is 16.9 Å². The summed E-state index contributed by atoms with van der Waals surface area (Å²) >= 11 is 0. The lowest BCUT2D eigenvalue weighted by atomic mass is 10.0. The van der Waals surface area contributed by atoms with Gasteiger partial charge in [-0.3, -0.25) is 9.78 Å². The normalized spacial score (nSPS) is 13.7. The van der Waals surface area contributed by atoms with E-state index in [0.717, 1.165) is 16.7 Å². The number of fused-ring (bicyclic) bond motifs is 1. The van der Waals surface area contributed by atoms with Crippen molar-refractivity contribution >= 4 is 22.5 Å². The van der Waals surface area contributed by atoms with Crippen LogP contribution in [0.15, 0.2) is 30.5 Å². The Bertz CT molecular complexity index is 730. The summed E-state index contributed by atoms with van der Waals surface area (Å²) in [5.41, 5.74) is 0.607. The van der Waals surface area contributed by atoms with Crippen molar-refractivity contribution < 1.29 is 14.3 Å². The van der Waals surface area contributed by atoms with Gasteiger partial charge in [0, 0.05) is 18.2 Å². The predicted octanol–water partition coefficient (Wildman–Crippen LogP) is 4.41. The number of carbonyl (C=O) groups is 1. The molecule has 1 aromatic carbocycles. The van der Waals surface area contributed by atoms with Crippen molar-refractivity contribution in [2.75, 3.05) is 18.5 Å². The second-order valence-corrected chi connectivity index (χ2v) is 6.69. The zero-order valence-corrected chi connectivity index (χ0v) is 15.8. The number of carbonyl (C=O) groups excluding carboxylic acids is 1. The van der Waals surface area contributed by atoms with Gasteiger partial charge in [-0.25, -0.2) is 0 Å². The van der Waals surface area contributed by atoms with E-state index in [-0.39, 0.29) is 5.91 Å². The summed E-state index contributed by atoms with van der Waals surface area (Å²) in [4.78, 5) is 17.1. The molecule has 0 radical (unpaired) electrons. The minimum Gasteiger partial charge on any atom is -0.491 e. The van der Waals surface area contributed by atoms with Gasteiger partial charge in [-0.1, -0.05) is 20.8 Å². The molecule has 2 rings (SSSR count). The first-order valence-electron chi connectivity index (χ1n) is 8.87. The van der Waals surface area contributed by atoms with Crippen LogP contribution in [0, 0.1) is 5.92 Å². The van der Waals surface area contributed by atoms with Gasteiger partial charge >= 0.3 is 0 Å². The number of nitrogens with zero attached hydrogens (tertiary/aromatic N) is 1. The number of hydrogen-bond acceptors (Lipinski definition) is 4. The SMILES string of the molecule is CCOC(C)(CC)C(=O)Nc1ccc(OCC(C)C)c2ncccc12. The van der Waals surface area contributed by atoms with Gasteiger partial charge in [-0.05, 0) is 50.5 Å². The molecule has 1 heterocycles. The lowest BCUT2D eigenvalue weighted by molar-refractivity contribution is -0.139. The number of pyridine rings is 1. The molecule has 0 fully saturated rings. The van der Waals surface area contributed by atoms with Gasteiger partial charge in [0.25, 0.3) is 5.91 Å². The van der Waals surface area contributed by atoms with Crippen LogP contribution in [0.1, 0.15) is 41.0 Å². The Kier molecular flexibility index (Phi) is 6.37. The maximum Gasteiger partial charge on any atom is 0.256 e. The monoisotopic (exact) mass is 344 g/mol. The van der Waals surface area contributed by atoms with Crippen molar-refractivity contribution in [1.29, 1.82) is 0 Å². The quantitative estimate of drug-likeness (QED) is 0.770. The third kappa shape index (κ3) is 4.48. The summed E-state index contributed by atoms with van der Waals surface area (Å²) in [5.74, 6) is 0.998. The summed E-state index contributed by atoms with van der Waals surface area (Å²) in [5, 5.41) is 3.85. The van der Waals surface area contributed by atoms with Crippen LogP contribution in [-0.2, 0) is 9.53 Å². The van der Waals surface area contributed by atoms with Gasteiger partial charge in [0.2, 0.25) is 0 Å². The maximum atomic E-state index is 12.7. The molecule has 25 heavy (non-hydrogen) atoms. The number of aromatic nitrogens is 1. The first-order chi connectivity index (χ1) is 11.9. The van der Waals surface area contributed by atoms with Crippen molar-refractivity contribution in [1.82, 2.24) is 4.98 Å². The Morgan fingerprint density at radius 1 is 1.28 bits per heavy atom. The fourth-order valence-electron chi connectivity index (χ4n) is 2.53. The second-order valence-electron chi connectivity index (χ2n) is 6.69. The van der Waals surface area contributed by atoms with Gasteiger partial charge in [0.05, 0.1) is 12.3 Å².